The molecule has 0 radical (unpaired) electrons. The van der Waals surface area contributed by atoms with Gasteiger partial charge in [-0.25, -0.2) is 0 Å². The van der Waals surface area contributed by atoms with Crippen LogP contribution in [0.3, 0.4) is 0 Å². The number of non-ortho nitro benzene ring substituents is 1. The zero-order valence-corrected chi connectivity index (χ0v) is 6.94. The minimum absolute atomic E-state index is 0.0889. The number of nitro benzene ring substituents is 1. The summed E-state index contributed by atoms with van der Waals surface area (Å²) in [5, 5.41) is 19.0. The van der Waals surface area contributed by atoms with Crippen LogP contribution in [0.2, 0.25) is 0 Å². The summed E-state index contributed by atoms with van der Waals surface area (Å²) in [6, 6.07) is 4.40. The predicted molar refractivity (Wildman–Crippen MR) is 47.0 cm³/mol. The molecule has 1 rings (SSSR count). The van der Waals surface area contributed by atoms with Gasteiger partial charge < -0.3 is 5.73 Å². The number of aryl methyl sites for hydroxylation is 1. The topological polar surface area (TPSA) is 92.9 Å². The smallest absolute Gasteiger partial charge is 0.271 e. The summed E-state index contributed by atoms with van der Waals surface area (Å²) in [6.45, 7) is 1.61. The summed E-state index contributed by atoms with van der Waals surface area (Å²) in [5.74, 6) is 0. The highest BCUT2D eigenvalue weighted by Crippen LogP contribution is 2.22. The average Bonchev–Trinajstić information content (AvgIpc) is 2.03. The van der Waals surface area contributed by atoms with Crippen LogP contribution < -0.4 is 5.73 Å². The monoisotopic (exact) mass is 177 g/mol. The van der Waals surface area contributed by atoms with Crippen molar-refractivity contribution in [3.05, 3.63) is 33.4 Å². The first-order valence-electron chi connectivity index (χ1n) is 3.51. The van der Waals surface area contributed by atoms with Crippen molar-refractivity contribution in [3.8, 4) is 6.07 Å². The van der Waals surface area contributed by atoms with E-state index in [-0.39, 0.29) is 11.4 Å². The lowest BCUT2D eigenvalue weighted by Gasteiger charge is -2.00. The zero-order chi connectivity index (χ0) is 10.0. The van der Waals surface area contributed by atoms with Gasteiger partial charge in [-0.05, 0) is 12.5 Å². The molecule has 0 unspecified atom stereocenters. The molecule has 66 valence electrons. The maximum atomic E-state index is 10.4. The summed E-state index contributed by atoms with van der Waals surface area (Å²) >= 11 is 0. The van der Waals surface area contributed by atoms with Crippen LogP contribution in [0.4, 0.5) is 11.4 Å². The highest BCUT2D eigenvalue weighted by molar-refractivity contribution is 5.62. The molecule has 1 aromatic rings. The van der Waals surface area contributed by atoms with Gasteiger partial charge in [0.05, 0.1) is 16.2 Å². The van der Waals surface area contributed by atoms with Crippen molar-refractivity contribution in [1.29, 1.82) is 5.26 Å². The second-order valence-electron chi connectivity index (χ2n) is 2.60. The minimum atomic E-state index is -0.537. The molecule has 0 aliphatic heterocycles. The Morgan fingerprint density at radius 2 is 2.23 bits per heavy atom. The Hall–Kier alpha value is -2.09. The average molecular weight is 177 g/mol. The molecular weight excluding hydrogens is 170 g/mol. The molecule has 0 amide bonds. The van der Waals surface area contributed by atoms with E-state index in [0.29, 0.717) is 11.1 Å². The first-order chi connectivity index (χ1) is 6.06. The van der Waals surface area contributed by atoms with E-state index < -0.39 is 4.92 Å². The molecule has 0 aliphatic rings. The summed E-state index contributed by atoms with van der Waals surface area (Å²) in [6.07, 6.45) is 0. The maximum absolute atomic E-state index is 10.4. The van der Waals surface area contributed by atoms with Crippen molar-refractivity contribution < 1.29 is 4.92 Å². The van der Waals surface area contributed by atoms with E-state index >= 15 is 0 Å². The fraction of sp³-hybridized carbons (Fsp3) is 0.125. The SMILES string of the molecule is Cc1cc([N+](=O)[O-])cc(N)c1C#N. The first-order valence-corrected chi connectivity index (χ1v) is 3.51. The van der Waals surface area contributed by atoms with Gasteiger partial charge in [0.15, 0.2) is 0 Å². The number of rotatable bonds is 1. The lowest BCUT2D eigenvalue weighted by Crippen LogP contribution is -1.96. The largest absolute Gasteiger partial charge is 0.397 e. The number of nitrogens with zero attached hydrogens (tertiary/aromatic N) is 2. The van der Waals surface area contributed by atoms with Gasteiger partial charge in [-0.2, -0.15) is 5.26 Å². The third kappa shape index (κ3) is 1.56. The molecule has 0 fully saturated rings. The maximum Gasteiger partial charge on any atom is 0.271 e. The highest BCUT2D eigenvalue weighted by Gasteiger charge is 2.11. The van der Waals surface area contributed by atoms with E-state index in [1.54, 1.807) is 6.92 Å². The number of nitro groups is 1. The van der Waals surface area contributed by atoms with Gasteiger partial charge in [0.2, 0.25) is 0 Å². The van der Waals surface area contributed by atoms with Crippen LogP contribution in [-0.2, 0) is 0 Å². The van der Waals surface area contributed by atoms with Gasteiger partial charge in [0.1, 0.15) is 6.07 Å². The van der Waals surface area contributed by atoms with Crippen LogP contribution in [0.25, 0.3) is 0 Å². The molecule has 2 N–H and O–H groups in total. The Morgan fingerprint density at radius 1 is 1.62 bits per heavy atom. The quantitative estimate of drug-likeness (QED) is 0.398. The van der Waals surface area contributed by atoms with Gasteiger partial charge in [0, 0.05) is 12.1 Å². The molecule has 5 heteroatoms. The lowest BCUT2D eigenvalue weighted by molar-refractivity contribution is -0.384. The van der Waals surface area contributed by atoms with E-state index in [1.807, 2.05) is 6.07 Å². The summed E-state index contributed by atoms with van der Waals surface area (Å²) in [4.78, 5) is 9.83. The molecule has 0 heterocycles. The Balaban J connectivity index is 3.39. The molecule has 5 nitrogen and oxygen atoms in total. The third-order valence-electron chi connectivity index (χ3n) is 1.67. The molecule has 0 aliphatic carbocycles. The molecule has 0 saturated carbocycles. The highest BCUT2D eigenvalue weighted by atomic mass is 16.6. The van der Waals surface area contributed by atoms with E-state index in [2.05, 4.69) is 0 Å². The van der Waals surface area contributed by atoms with Crippen molar-refractivity contribution >= 4 is 11.4 Å². The van der Waals surface area contributed by atoms with Crippen molar-refractivity contribution in [1.82, 2.24) is 0 Å². The lowest BCUT2D eigenvalue weighted by atomic mass is 10.1. The standard InChI is InChI=1S/C8H7N3O2/c1-5-2-6(11(12)13)3-8(10)7(5)4-9/h2-3H,10H2,1H3. The van der Waals surface area contributed by atoms with Crippen molar-refractivity contribution in [2.45, 2.75) is 6.92 Å². The molecule has 0 atom stereocenters. The van der Waals surface area contributed by atoms with E-state index in [9.17, 15) is 10.1 Å². The molecule has 0 bridgehead atoms. The molecule has 13 heavy (non-hydrogen) atoms. The second kappa shape index (κ2) is 3.11. The number of nitrogen functional groups attached to an aromatic ring is 1. The first kappa shape index (κ1) is 9.00. The van der Waals surface area contributed by atoms with E-state index in [1.165, 1.54) is 12.1 Å². The van der Waals surface area contributed by atoms with Gasteiger partial charge >= 0.3 is 0 Å². The van der Waals surface area contributed by atoms with Crippen molar-refractivity contribution in [2.75, 3.05) is 5.73 Å². The van der Waals surface area contributed by atoms with Crippen molar-refractivity contribution in [2.24, 2.45) is 0 Å². The summed E-state index contributed by atoms with van der Waals surface area (Å²) < 4.78 is 0. The summed E-state index contributed by atoms with van der Waals surface area (Å²) in [5.41, 5.74) is 6.32. The minimum Gasteiger partial charge on any atom is -0.397 e. The zero-order valence-electron chi connectivity index (χ0n) is 6.94. The molecular formula is C8H7N3O2. The Labute approximate surface area is 74.5 Å². The Bertz CT molecular complexity index is 383. The Kier molecular flexibility index (Phi) is 2.15. The van der Waals surface area contributed by atoms with Crippen LogP contribution >= 0.6 is 0 Å². The van der Waals surface area contributed by atoms with E-state index in [4.69, 9.17) is 11.0 Å². The van der Waals surface area contributed by atoms with Gasteiger partial charge in [-0.3, -0.25) is 10.1 Å². The molecule has 0 saturated heterocycles. The fourth-order valence-electron chi connectivity index (χ4n) is 1.05. The number of hydrogen-bond donors (Lipinski definition) is 1. The molecule has 0 aromatic heterocycles. The number of nitrogens with two attached hydrogens (primary N) is 1. The normalized spacial score (nSPS) is 9.23. The molecule has 1 aromatic carbocycles. The number of benzene rings is 1. The van der Waals surface area contributed by atoms with Gasteiger partial charge in [0.25, 0.3) is 5.69 Å². The van der Waals surface area contributed by atoms with Crippen LogP contribution in [0.1, 0.15) is 11.1 Å². The number of hydrogen-bond acceptors (Lipinski definition) is 4. The van der Waals surface area contributed by atoms with Crippen molar-refractivity contribution in [3.63, 3.8) is 0 Å². The fourth-order valence-corrected chi connectivity index (χ4v) is 1.05. The van der Waals surface area contributed by atoms with Gasteiger partial charge in [-0.15, -0.1) is 0 Å². The summed E-state index contributed by atoms with van der Waals surface area (Å²) in [7, 11) is 0. The van der Waals surface area contributed by atoms with E-state index in [0.717, 1.165) is 0 Å². The Morgan fingerprint density at radius 3 is 2.62 bits per heavy atom. The van der Waals surface area contributed by atoms with Crippen LogP contribution in [0, 0.1) is 28.4 Å². The van der Waals surface area contributed by atoms with Crippen LogP contribution in [0.5, 0.6) is 0 Å². The third-order valence-corrected chi connectivity index (χ3v) is 1.67. The number of nitriles is 1. The van der Waals surface area contributed by atoms with Crippen LogP contribution in [0.15, 0.2) is 12.1 Å². The predicted octanol–water partition coefficient (Wildman–Crippen LogP) is 1.36. The molecule has 0 spiro atoms. The van der Waals surface area contributed by atoms with Crippen LogP contribution in [-0.4, -0.2) is 4.92 Å². The second-order valence-corrected chi connectivity index (χ2v) is 2.60. The number of anilines is 1. The van der Waals surface area contributed by atoms with Gasteiger partial charge in [-0.1, -0.05) is 0 Å².